The van der Waals surface area contributed by atoms with Crippen molar-refractivity contribution < 1.29 is 4.74 Å². The molecule has 0 fully saturated rings. The van der Waals surface area contributed by atoms with Crippen LogP contribution in [0.3, 0.4) is 0 Å². The summed E-state index contributed by atoms with van der Waals surface area (Å²) in [5, 5.41) is 6.27. The molecule has 0 atom stereocenters. The lowest BCUT2D eigenvalue weighted by Crippen LogP contribution is -1.95. The van der Waals surface area contributed by atoms with Crippen molar-refractivity contribution in [3.05, 3.63) is 94.3 Å². The highest BCUT2D eigenvalue weighted by Gasteiger charge is 2.05. The topological polar surface area (TPSA) is 34.1 Å². The van der Waals surface area contributed by atoms with Gasteiger partial charge in [0.25, 0.3) is 0 Å². The molecule has 4 rings (SSSR count). The zero-order valence-corrected chi connectivity index (χ0v) is 16.8. The number of nitrogens with zero attached hydrogens (tertiary/aromatic N) is 1. The fourth-order valence-corrected chi connectivity index (χ4v) is 3.58. The van der Waals surface area contributed by atoms with Crippen LogP contribution in [0.2, 0.25) is 0 Å². The predicted molar refractivity (Wildman–Crippen MR) is 116 cm³/mol. The van der Waals surface area contributed by atoms with E-state index in [0.717, 1.165) is 37.9 Å². The van der Waals surface area contributed by atoms with Crippen LogP contribution in [0.5, 0.6) is 5.75 Å². The second kappa shape index (κ2) is 8.37. The van der Waals surface area contributed by atoms with Crippen molar-refractivity contribution >= 4 is 38.1 Å². The van der Waals surface area contributed by atoms with Crippen LogP contribution in [0.1, 0.15) is 5.56 Å². The molecule has 1 heterocycles. The highest BCUT2D eigenvalue weighted by atomic mass is 79.9. The number of hydrogen-bond donors (Lipinski definition) is 1. The third-order valence-corrected chi connectivity index (χ3v) is 5.28. The Hall–Kier alpha value is -2.63. The number of ether oxygens (including phenoxy) is 1. The van der Waals surface area contributed by atoms with E-state index in [1.165, 1.54) is 0 Å². The van der Waals surface area contributed by atoms with Crippen molar-refractivity contribution in [3.8, 4) is 17.0 Å². The Bertz CT molecular complexity index is 999. The zero-order valence-electron chi connectivity index (χ0n) is 14.4. The van der Waals surface area contributed by atoms with Crippen LogP contribution < -0.4 is 10.1 Å². The first-order chi connectivity index (χ1) is 13.3. The van der Waals surface area contributed by atoms with E-state index in [1.54, 1.807) is 11.3 Å². The van der Waals surface area contributed by atoms with E-state index in [9.17, 15) is 0 Å². The van der Waals surface area contributed by atoms with E-state index in [2.05, 4.69) is 43.7 Å². The Labute approximate surface area is 170 Å². The van der Waals surface area contributed by atoms with Crippen LogP contribution in [0, 0.1) is 0 Å². The minimum Gasteiger partial charge on any atom is -0.489 e. The van der Waals surface area contributed by atoms with Gasteiger partial charge in [-0.2, -0.15) is 0 Å². The highest BCUT2D eigenvalue weighted by molar-refractivity contribution is 9.10. The second-order valence-electron chi connectivity index (χ2n) is 5.97. The van der Waals surface area contributed by atoms with Crippen LogP contribution in [0.25, 0.3) is 11.3 Å². The molecule has 0 saturated heterocycles. The molecule has 0 spiro atoms. The molecule has 4 aromatic rings. The van der Waals surface area contributed by atoms with Crippen LogP contribution >= 0.6 is 27.3 Å². The van der Waals surface area contributed by atoms with Gasteiger partial charge in [0.05, 0.1) is 5.69 Å². The summed E-state index contributed by atoms with van der Waals surface area (Å²) in [6.45, 7) is 0.550. The molecule has 0 aliphatic carbocycles. The number of benzene rings is 3. The number of nitrogens with one attached hydrogen (secondary N) is 1. The van der Waals surface area contributed by atoms with Crippen LogP contribution in [0.15, 0.2) is 88.7 Å². The van der Waals surface area contributed by atoms with Gasteiger partial charge in [0.15, 0.2) is 5.13 Å². The normalized spacial score (nSPS) is 10.6. The average Bonchev–Trinajstić information content (AvgIpc) is 3.17. The van der Waals surface area contributed by atoms with Crippen molar-refractivity contribution in [1.82, 2.24) is 4.98 Å². The van der Waals surface area contributed by atoms with Gasteiger partial charge in [-0.3, -0.25) is 0 Å². The lowest BCUT2D eigenvalue weighted by Gasteiger charge is -2.07. The number of anilines is 2. The largest absolute Gasteiger partial charge is 0.489 e. The van der Waals surface area contributed by atoms with E-state index in [-0.39, 0.29) is 0 Å². The van der Waals surface area contributed by atoms with E-state index in [0.29, 0.717) is 6.61 Å². The van der Waals surface area contributed by atoms with Gasteiger partial charge in [-0.15, -0.1) is 11.3 Å². The van der Waals surface area contributed by atoms with Gasteiger partial charge >= 0.3 is 0 Å². The first-order valence-electron chi connectivity index (χ1n) is 8.51. The molecule has 0 amide bonds. The molecule has 0 aliphatic rings. The predicted octanol–water partition coefficient (Wildman–Crippen LogP) is 6.90. The Balaban J connectivity index is 1.39. The summed E-state index contributed by atoms with van der Waals surface area (Å²) in [6.07, 6.45) is 0. The molecule has 134 valence electrons. The Kier molecular flexibility index (Phi) is 5.51. The summed E-state index contributed by atoms with van der Waals surface area (Å²) in [4.78, 5) is 4.67. The Morgan fingerprint density at radius 3 is 2.37 bits per heavy atom. The SMILES string of the molecule is Brc1ccc(COc2ccc(-c3csc(Nc4ccccc4)n3)cc2)cc1. The maximum atomic E-state index is 5.86. The van der Waals surface area contributed by atoms with Crippen molar-refractivity contribution in [2.24, 2.45) is 0 Å². The molecule has 27 heavy (non-hydrogen) atoms. The van der Waals surface area contributed by atoms with Gasteiger partial charge in [0.1, 0.15) is 12.4 Å². The van der Waals surface area contributed by atoms with Gasteiger partial charge < -0.3 is 10.1 Å². The standard InChI is InChI=1S/C22H17BrN2OS/c23-18-10-6-16(7-11-18)14-26-20-12-8-17(9-13-20)21-15-27-22(25-21)24-19-4-2-1-3-5-19/h1-13,15H,14H2,(H,24,25). The molecule has 1 aromatic heterocycles. The summed E-state index contributed by atoms with van der Waals surface area (Å²) in [5.74, 6) is 0.847. The number of thiazole rings is 1. The lowest BCUT2D eigenvalue weighted by molar-refractivity contribution is 0.306. The van der Waals surface area contributed by atoms with Crippen molar-refractivity contribution in [2.75, 3.05) is 5.32 Å². The van der Waals surface area contributed by atoms with Gasteiger partial charge in [0, 0.05) is 21.1 Å². The van der Waals surface area contributed by atoms with Crippen molar-refractivity contribution in [3.63, 3.8) is 0 Å². The molecular formula is C22H17BrN2OS. The zero-order chi connectivity index (χ0) is 18.5. The maximum absolute atomic E-state index is 5.86. The molecular weight excluding hydrogens is 420 g/mol. The number of aromatic nitrogens is 1. The summed E-state index contributed by atoms with van der Waals surface area (Å²) in [5.41, 5.74) is 4.20. The molecule has 0 aliphatic heterocycles. The number of hydrogen-bond acceptors (Lipinski definition) is 4. The lowest BCUT2D eigenvalue weighted by atomic mass is 10.2. The molecule has 0 bridgehead atoms. The first kappa shape index (κ1) is 17.8. The van der Waals surface area contributed by atoms with E-state index in [1.807, 2.05) is 66.7 Å². The van der Waals surface area contributed by atoms with Crippen molar-refractivity contribution in [2.45, 2.75) is 6.61 Å². The third kappa shape index (κ3) is 4.76. The average molecular weight is 437 g/mol. The number of halogens is 1. The maximum Gasteiger partial charge on any atom is 0.187 e. The molecule has 3 nitrogen and oxygen atoms in total. The molecule has 3 aromatic carbocycles. The fourth-order valence-electron chi connectivity index (χ4n) is 2.58. The summed E-state index contributed by atoms with van der Waals surface area (Å²) in [6, 6.07) is 26.2. The van der Waals surface area contributed by atoms with Crippen LogP contribution in [0.4, 0.5) is 10.8 Å². The molecule has 0 radical (unpaired) electrons. The summed E-state index contributed by atoms with van der Waals surface area (Å²) < 4.78 is 6.93. The minimum atomic E-state index is 0.550. The van der Waals surface area contributed by atoms with E-state index < -0.39 is 0 Å². The third-order valence-electron chi connectivity index (χ3n) is 4.00. The van der Waals surface area contributed by atoms with Crippen molar-refractivity contribution in [1.29, 1.82) is 0 Å². The number of rotatable bonds is 6. The monoisotopic (exact) mass is 436 g/mol. The Morgan fingerprint density at radius 2 is 1.63 bits per heavy atom. The Morgan fingerprint density at radius 1 is 0.889 bits per heavy atom. The highest BCUT2D eigenvalue weighted by Crippen LogP contribution is 2.28. The van der Waals surface area contributed by atoms with Gasteiger partial charge in [-0.1, -0.05) is 46.3 Å². The smallest absolute Gasteiger partial charge is 0.187 e. The van der Waals surface area contributed by atoms with E-state index in [4.69, 9.17) is 4.74 Å². The summed E-state index contributed by atoms with van der Waals surface area (Å²) >= 11 is 5.04. The minimum absolute atomic E-state index is 0.550. The number of para-hydroxylation sites is 1. The fraction of sp³-hybridized carbons (Fsp3) is 0.0455. The molecule has 0 unspecified atom stereocenters. The van der Waals surface area contributed by atoms with E-state index >= 15 is 0 Å². The quantitative estimate of drug-likeness (QED) is 0.357. The first-order valence-corrected chi connectivity index (χ1v) is 10.2. The molecule has 1 N–H and O–H groups in total. The van der Waals surface area contributed by atoms with Crippen LogP contribution in [-0.4, -0.2) is 4.98 Å². The van der Waals surface area contributed by atoms with Gasteiger partial charge in [-0.25, -0.2) is 4.98 Å². The van der Waals surface area contributed by atoms with Crippen LogP contribution in [-0.2, 0) is 6.61 Å². The molecule has 5 heteroatoms. The summed E-state index contributed by atoms with van der Waals surface area (Å²) in [7, 11) is 0. The molecule has 0 saturated carbocycles. The van der Waals surface area contributed by atoms with Gasteiger partial charge in [-0.05, 0) is 54.1 Å². The van der Waals surface area contributed by atoms with Gasteiger partial charge in [0.2, 0.25) is 0 Å². The second-order valence-corrected chi connectivity index (χ2v) is 7.74.